The minimum absolute atomic E-state index is 0.196. The van der Waals surface area contributed by atoms with Gasteiger partial charge < -0.3 is 15.0 Å². The molecule has 1 unspecified atom stereocenters. The van der Waals surface area contributed by atoms with Gasteiger partial charge in [-0.2, -0.15) is 0 Å². The molecule has 0 amide bonds. The Balaban J connectivity index is 1.96. The van der Waals surface area contributed by atoms with Gasteiger partial charge in [-0.1, -0.05) is 0 Å². The molecule has 16 heavy (non-hydrogen) atoms. The molecule has 0 saturated carbocycles. The van der Waals surface area contributed by atoms with Crippen molar-refractivity contribution >= 4 is 0 Å². The standard InChI is InChI=1S/C12H21N3O/c1-13-10(8-16)6-7-15-9-14-11-4-2-3-5-12(11)15/h9-10,13,16H,2-8H2,1H3. The van der Waals surface area contributed by atoms with E-state index in [2.05, 4.69) is 14.9 Å². The molecule has 0 aliphatic heterocycles. The van der Waals surface area contributed by atoms with Gasteiger partial charge in [-0.25, -0.2) is 4.98 Å². The number of aryl methyl sites for hydroxylation is 2. The van der Waals surface area contributed by atoms with Crippen molar-refractivity contribution in [3.63, 3.8) is 0 Å². The third kappa shape index (κ3) is 2.44. The SMILES string of the molecule is CNC(CO)CCn1cnc2c1CCCC2. The maximum atomic E-state index is 9.11. The summed E-state index contributed by atoms with van der Waals surface area (Å²) in [5, 5.41) is 12.2. The second kappa shape index (κ2) is 5.46. The number of aliphatic hydroxyl groups is 1. The van der Waals surface area contributed by atoms with Gasteiger partial charge >= 0.3 is 0 Å². The van der Waals surface area contributed by atoms with Crippen molar-refractivity contribution in [3.05, 3.63) is 17.7 Å². The topological polar surface area (TPSA) is 50.1 Å². The van der Waals surface area contributed by atoms with Crippen LogP contribution in [0, 0.1) is 0 Å². The largest absolute Gasteiger partial charge is 0.395 e. The van der Waals surface area contributed by atoms with Gasteiger partial charge in [-0.15, -0.1) is 0 Å². The third-order valence-corrected chi connectivity index (χ3v) is 3.46. The number of imidazole rings is 1. The summed E-state index contributed by atoms with van der Waals surface area (Å²) in [7, 11) is 1.89. The van der Waals surface area contributed by atoms with Crippen LogP contribution in [-0.4, -0.2) is 34.4 Å². The number of aromatic nitrogens is 2. The number of aliphatic hydroxyl groups excluding tert-OH is 1. The molecular weight excluding hydrogens is 202 g/mol. The van der Waals surface area contributed by atoms with Crippen LogP contribution in [-0.2, 0) is 19.4 Å². The molecule has 1 heterocycles. The van der Waals surface area contributed by atoms with E-state index in [1.165, 1.54) is 30.7 Å². The van der Waals surface area contributed by atoms with Crippen LogP contribution in [0.25, 0.3) is 0 Å². The van der Waals surface area contributed by atoms with E-state index in [9.17, 15) is 0 Å². The maximum absolute atomic E-state index is 9.11. The predicted octanol–water partition coefficient (Wildman–Crippen LogP) is 0.732. The number of nitrogens with one attached hydrogen (secondary N) is 1. The maximum Gasteiger partial charge on any atom is 0.0951 e. The Morgan fingerprint density at radius 1 is 1.50 bits per heavy atom. The predicted molar refractivity (Wildman–Crippen MR) is 63.4 cm³/mol. The molecule has 2 N–H and O–H groups in total. The molecule has 0 aromatic carbocycles. The van der Waals surface area contributed by atoms with Crippen LogP contribution in [0.1, 0.15) is 30.7 Å². The van der Waals surface area contributed by atoms with E-state index in [-0.39, 0.29) is 12.6 Å². The Kier molecular flexibility index (Phi) is 3.96. The summed E-state index contributed by atoms with van der Waals surface area (Å²) in [6.45, 7) is 1.15. The van der Waals surface area contributed by atoms with E-state index in [0.717, 1.165) is 19.4 Å². The van der Waals surface area contributed by atoms with Gasteiger partial charge in [-0.3, -0.25) is 0 Å². The van der Waals surface area contributed by atoms with Crippen LogP contribution in [0.3, 0.4) is 0 Å². The zero-order valence-corrected chi connectivity index (χ0v) is 9.95. The minimum Gasteiger partial charge on any atom is -0.395 e. The zero-order chi connectivity index (χ0) is 11.4. The number of likely N-dealkylation sites (N-methyl/N-ethyl adjacent to an activating group) is 1. The molecule has 1 aliphatic carbocycles. The average molecular weight is 223 g/mol. The summed E-state index contributed by atoms with van der Waals surface area (Å²) in [6.07, 6.45) is 7.78. The molecule has 90 valence electrons. The van der Waals surface area contributed by atoms with Crippen molar-refractivity contribution in [2.75, 3.05) is 13.7 Å². The highest BCUT2D eigenvalue weighted by molar-refractivity contribution is 5.16. The Labute approximate surface area is 96.7 Å². The van der Waals surface area contributed by atoms with E-state index < -0.39 is 0 Å². The van der Waals surface area contributed by atoms with Crippen molar-refractivity contribution in [1.29, 1.82) is 0 Å². The van der Waals surface area contributed by atoms with Gasteiger partial charge in [0.25, 0.3) is 0 Å². The van der Waals surface area contributed by atoms with Gasteiger partial charge in [0.2, 0.25) is 0 Å². The van der Waals surface area contributed by atoms with E-state index in [1.54, 1.807) is 0 Å². The summed E-state index contributed by atoms with van der Waals surface area (Å²) < 4.78 is 2.26. The number of hydrogen-bond donors (Lipinski definition) is 2. The number of rotatable bonds is 5. The molecule has 1 aromatic rings. The monoisotopic (exact) mass is 223 g/mol. The summed E-state index contributed by atoms with van der Waals surface area (Å²) in [5.74, 6) is 0. The van der Waals surface area contributed by atoms with E-state index >= 15 is 0 Å². The molecule has 1 atom stereocenters. The molecular formula is C12H21N3O. The smallest absolute Gasteiger partial charge is 0.0951 e. The second-order valence-electron chi connectivity index (χ2n) is 4.50. The Morgan fingerprint density at radius 3 is 3.06 bits per heavy atom. The van der Waals surface area contributed by atoms with Crippen molar-refractivity contribution in [1.82, 2.24) is 14.9 Å². The van der Waals surface area contributed by atoms with Crippen LogP contribution < -0.4 is 5.32 Å². The second-order valence-corrected chi connectivity index (χ2v) is 4.50. The lowest BCUT2D eigenvalue weighted by Gasteiger charge is -2.17. The molecule has 0 radical (unpaired) electrons. The first-order valence-corrected chi connectivity index (χ1v) is 6.16. The Bertz CT molecular complexity index is 331. The molecule has 4 nitrogen and oxygen atoms in total. The van der Waals surface area contributed by atoms with E-state index in [1.807, 2.05) is 13.4 Å². The van der Waals surface area contributed by atoms with Crippen molar-refractivity contribution < 1.29 is 5.11 Å². The molecule has 0 spiro atoms. The zero-order valence-electron chi connectivity index (χ0n) is 9.95. The highest BCUT2D eigenvalue weighted by atomic mass is 16.3. The first-order chi connectivity index (χ1) is 7.85. The van der Waals surface area contributed by atoms with Crippen molar-refractivity contribution in [2.24, 2.45) is 0 Å². The quantitative estimate of drug-likeness (QED) is 0.774. The van der Waals surface area contributed by atoms with E-state index in [0.29, 0.717) is 0 Å². The fraction of sp³-hybridized carbons (Fsp3) is 0.750. The Hall–Kier alpha value is -0.870. The average Bonchev–Trinajstić information content (AvgIpc) is 2.74. The van der Waals surface area contributed by atoms with Crippen LogP contribution in [0.5, 0.6) is 0 Å². The summed E-state index contributed by atoms with van der Waals surface area (Å²) in [6, 6.07) is 0.196. The molecule has 1 aromatic heterocycles. The van der Waals surface area contributed by atoms with Gasteiger partial charge in [0.05, 0.1) is 18.6 Å². The third-order valence-electron chi connectivity index (χ3n) is 3.46. The molecule has 0 bridgehead atoms. The van der Waals surface area contributed by atoms with Gasteiger partial charge in [0.15, 0.2) is 0 Å². The summed E-state index contributed by atoms with van der Waals surface area (Å²) in [5.41, 5.74) is 2.70. The van der Waals surface area contributed by atoms with Gasteiger partial charge in [0.1, 0.15) is 0 Å². The Morgan fingerprint density at radius 2 is 2.31 bits per heavy atom. The fourth-order valence-corrected chi connectivity index (χ4v) is 2.35. The van der Waals surface area contributed by atoms with Crippen molar-refractivity contribution in [2.45, 2.75) is 44.7 Å². The normalized spacial score (nSPS) is 17.1. The first kappa shape index (κ1) is 11.6. The summed E-state index contributed by atoms with van der Waals surface area (Å²) >= 11 is 0. The number of nitrogens with zero attached hydrogens (tertiary/aromatic N) is 2. The number of hydrogen-bond acceptors (Lipinski definition) is 3. The highest BCUT2D eigenvalue weighted by Gasteiger charge is 2.15. The molecule has 4 heteroatoms. The lowest BCUT2D eigenvalue weighted by atomic mass is 10.0. The lowest BCUT2D eigenvalue weighted by Crippen LogP contribution is -2.30. The summed E-state index contributed by atoms with van der Waals surface area (Å²) in [4.78, 5) is 4.47. The molecule has 0 saturated heterocycles. The number of fused-ring (bicyclic) bond motifs is 1. The van der Waals surface area contributed by atoms with Gasteiger partial charge in [0, 0.05) is 18.3 Å². The molecule has 1 aliphatic rings. The van der Waals surface area contributed by atoms with Crippen LogP contribution >= 0.6 is 0 Å². The lowest BCUT2D eigenvalue weighted by molar-refractivity contribution is 0.237. The van der Waals surface area contributed by atoms with Crippen LogP contribution in [0.4, 0.5) is 0 Å². The van der Waals surface area contributed by atoms with Crippen LogP contribution in [0.2, 0.25) is 0 Å². The van der Waals surface area contributed by atoms with Gasteiger partial charge in [-0.05, 0) is 39.2 Å². The van der Waals surface area contributed by atoms with Crippen LogP contribution in [0.15, 0.2) is 6.33 Å². The minimum atomic E-state index is 0.196. The molecule has 2 rings (SSSR count). The van der Waals surface area contributed by atoms with Crippen molar-refractivity contribution in [3.8, 4) is 0 Å². The first-order valence-electron chi connectivity index (χ1n) is 6.16. The highest BCUT2D eigenvalue weighted by Crippen LogP contribution is 2.20. The molecule has 0 fully saturated rings. The fourth-order valence-electron chi connectivity index (χ4n) is 2.35. The van der Waals surface area contributed by atoms with E-state index in [4.69, 9.17) is 5.11 Å².